The predicted molar refractivity (Wildman–Crippen MR) is 62.3 cm³/mol. The summed E-state index contributed by atoms with van der Waals surface area (Å²) in [5, 5.41) is 0. The lowest BCUT2D eigenvalue weighted by molar-refractivity contribution is 0.0536. The summed E-state index contributed by atoms with van der Waals surface area (Å²) in [7, 11) is 0. The molecule has 14 heavy (non-hydrogen) atoms. The summed E-state index contributed by atoms with van der Waals surface area (Å²) in [6.45, 7) is 12.5. The highest BCUT2D eigenvalue weighted by atomic mass is 15.2. The van der Waals surface area contributed by atoms with Crippen LogP contribution < -0.4 is 5.73 Å². The lowest BCUT2D eigenvalue weighted by Crippen LogP contribution is -2.48. The second-order valence-corrected chi connectivity index (χ2v) is 5.35. The summed E-state index contributed by atoms with van der Waals surface area (Å²) in [6, 6.07) is 0.693. The van der Waals surface area contributed by atoms with Gasteiger partial charge in [0, 0.05) is 6.04 Å². The Morgan fingerprint density at radius 3 is 1.93 bits per heavy atom. The van der Waals surface area contributed by atoms with Crippen molar-refractivity contribution in [1.29, 1.82) is 0 Å². The number of nitrogens with zero attached hydrogens (tertiary/aromatic N) is 1. The van der Waals surface area contributed by atoms with Crippen LogP contribution in [-0.2, 0) is 0 Å². The van der Waals surface area contributed by atoms with Gasteiger partial charge in [-0.1, -0.05) is 13.8 Å². The van der Waals surface area contributed by atoms with Crippen molar-refractivity contribution in [3.05, 3.63) is 0 Å². The molecule has 0 aromatic heterocycles. The van der Waals surface area contributed by atoms with Gasteiger partial charge in [0.05, 0.1) is 0 Å². The molecule has 0 bridgehead atoms. The number of piperidine rings is 1. The molecule has 0 aromatic carbocycles. The quantitative estimate of drug-likeness (QED) is 0.752. The molecule has 0 spiro atoms. The van der Waals surface area contributed by atoms with Crippen LogP contribution in [0, 0.1) is 11.3 Å². The van der Waals surface area contributed by atoms with Gasteiger partial charge in [-0.3, -0.25) is 0 Å². The van der Waals surface area contributed by atoms with Gasteiger partial charge in [-0.2, -0.15) is 0 Å². The van der Waals surface area contributed by atoms with Crippen LogP contribution in [0.2, 0.25) is 0 Å². The molecule has 2 N–H and O–H groups in total. The van der Waals surface area contributed by atoms with Crippen LogP contribution in [0.15, 0.2) is 0 Å². The predicted octanol–water partition coefficient (Wildman–Crippen LogP) is 2.09. The van der Waals surface area contributed by atoms with Gasteiger partial charge >= 0.3 is 0 Å². The van der Waals surface area contributed by atoms with Gasteiger partial charge < -0.3 is 10.6 Å². The highest BCUT2D eigenvalue weighted by molar-refractivity contribution is 4.89. The van der Waals surface area contributed by atoms with E-state index in [1.165, 1.54) is 25.9 Å². The van der Waals surface area contributed by atoms with E-state index in [1.54, 1.807) is 0 Å². The lowest BCUT2D eigenvalue weighted by atomic mass is 9.70. The topological polar surface area (TPSA) is 29.3 Å². The maximum absolute atomic E-state index is 5.94. The Morgan fingerprint density at radius 2 is 1.64 bits per heavy atom. The van der Waals surface area contributed by atoms with E-state index in [-0.39, 0.29) is 0 Å². The van der Waals surface area contributed by atoms with Gasteiger partial charge in [0.1, 0.15) is 0 Å². The maximum atomic E-state index is 5.94. The monoisotopic (exact) mass is 198 g/mol. The van der Waals surface area contributed by atoms with E-state index < -0.39 is 0 Å². The van der Waals surface area contributed by atoms with E-state index in [0.29, 0.717) is 11.5 Å². The minimum absolute atomic E-state index is 0.422. The highest BCUT2D eigenvalue weighted by Gasteiger charge is 2.36. The molecule has 1 aliphatic heterocycles. The van der Waals surface area contributed by atoms with E-state index in [0.717, 1.165) is 12.5 Å². The molecule has 1 heterocycles. The van der Waals surface area contributed by atoms with Crippen molar-refractivity contribution in [3.63, 3.8) is 0 Å². The second kappa shape index (κ2) is 4.63. The Kier molecular flexibility index (Phi) is 3.96. The average molecular weight is 198 g/mol. The van der Waals surface area contributed by atoms with E-state index in [9.17, 15) is 0 Å². The third-order valence-corrected chi connectivity index (χ3v) is 4.16. The zero-order valence-corrected chi connectivity index (χ0v) is 10.2. The van der Waals surface area contributed by atoms with Gasteiger partial charge in [-0.15, -0.1) is 0 Å². The van der Waals surface area contributed by atoms with Crippen molar-refractivity contribution < 1.29 is 0 Å². The molecule has 1 saturated heterocycles. The largest absolute Gasteiger partial charge is 0.330 e. The van der Waals surface area contributed by atoms with Crippen molar-refractivity contribution in [2.24, 2.45) is 17.1 Å². The summed E-state index contributed by atoms with van der Waals surface area (Å²) in [4.78, 5) is 2.57. The van der Waals surface area contributed by atoms with Gasteiger partial charge in [0.2, 0.25) is 0 Å². The van der Waals surface area contributed by atoms with E-state index in [1.807, 2.05) is 0 Å². The fourth-order valence-electron chi connectivity index (χ4n) is 2.50. The first-order valence-electron chi connectivity index (χ1n) is 5.96. The van der Waals surface area contributed by atoms with Crippen molar-refractivity contribution in [3.8, 4) is 0 Å². The fraction of sp³-hybridized carbons (Fsp3) is 1.00. The molecule has 1 rings (SSSR count). The number of likely N-dealkylation sites (tertiary alicyclic amines) is 1. The molecule has 0 aliphatic carbocycles. The standard InChI is InChI=1S/C12H26N2/c1-10(2)12(9-13)5-7-14(8-6-12)11(3)4/h10-11H,5-9,13H2,1-4H3. The molecule has 1 fully saturated rings. The van der Waals surface area contributed by atoms with Gasteiger partial charge in [-0.25, -0.2) is 0 Å². The fourth-order valence-corrected chi connectivity index (χ4v) is 2.50. The van der Waals surface area contributed by atoms with Crippen LogP contribution in [0.3, 0.4) is 0 Å². The molecule has 84 valence electrons. The van der Waals surface area contributed by atoms with Crippen molar-refractivity contribution in [2.75, 3.05) is 19.6 Å². The molecular formula is C12H26N2. The normalized spacial score (nSPS) is 23.4. The van der Waals surface area contributed by atoms with Gasteiger partial charge in [-0.05, 0) is 57.7 Å². The Bertz CT molecular complexity index is 167. The van der Waals surface area contributed by atoms with Crippen LogP contribution in [-0.4, -0.2) is 30.6 Å². The lowest BCUT2D eigenvalue weighted by Gasteiger charge is -2.45. The summed E-state index contributed by atoms with van der Waals surface area (Å²) in [5.74, 6) is 0.724. The van der Waals surface area contributed by atoms with Crippen LogP contribution in [0.25, 0.3) is 0 Å². The van der Waals surface area contributed by atoms with Gasteiger partial charge in [0.25, 0.3) is 0 Å². The van der Waals surface area contributed by atoms with Crippen molar-refractivity contribution in [2.45, 2.75) is 46.6 Å². The Labute approximate surface area is 88.8 Å². The number of hydrogen-bond acceptors (Lipinski definition) is 2. The smallest absolute Gasteiger partial charge is 0.00385 e. The minimum atomic E-state index is 0.422. The molecule has 2 nitrogen and oxygen atoms in total. The number of rotatable bonds is 3. The maximum Gasteiger partial charge on any atom is 0.00385 e. The molecule has 0 unspecified atom stereocenters. The second-order valence-electron chi connectivity index (χ2n) is 5.35. The molecular weight excluding hydrogens is 172 g/mol. The molecule has 1 aliphatic rings. The molecule has 0 saturated carbocycles. The minimum Gasteiger partial charge on any atom is -0.330 e. The van der Waals surface area contributed by atoms with Gasteiger partial charge in [0.15, 0.2) is 0 Å². The third kappa shape index (κ3) is 2.29. The zero-order chi connectivity index (χ0) is 10.8. The third-order valence-electron chi connectivity index (χ3n) is 4.16. The van der Waals surface area contributed by atoms with Crippen molar-refractivity contribution >= 4 is 0 Å². The number of hydrogen-bond donors (Lipinski definition) is 1. The summed E-state index contributed by atoms with van der Waals surface area (Å²) < 4.78 is 0. The van der Waals surface area contributed by atoms with Crippen LogP contribution in [0.5, 0.6) is 0 Å². The van der Waals surface area contributed by atoms with Crippen LogP contribution in [0.1, 0.15) is 40.5 Å². The average Bonchev–Trinajstić information content (AvgIpc) is 2.17. The molecule has 0 amide bonds. The Morgan fingerprint density at radius 1 is 1.14 bits per heavy atom. The van der Waals surface area contributed by atoms with E-state index in [2.05, 4.69) is 32.6 Å². The van der Waals surface area contributed by atoms with Crippen LogP contribution in [0.4, 0.5) is 0 Å². The van der Waals surface area contributed by atoms with E-state index >= 15 is 0 Å². The van der Waals surface area contributed by atoms with E-state index in [4.69, 9.17) is 5.73 Å². The molecule has 2 heteroatoms. The SMILES string of the molecule is CC(C)N1CCC(CN)(C(C)C)CC1. The highest BCUT2D eigenvalue weighted by Crippen LogP contribution is 2.37. The zero-order valence-electron chi connectivity index (χ0n) is 10.2. The molecule has 0 aromatic rings. The molecule has 0 radical (unpaired) electrons. The Balaban J connectivity index is 2.55. The van der Waals surface area contributed by atoms with Crippen LogP contribution >= 0.6 is 0 Å². The Hall–Kier alpha value is -0.0800. The first-order valence-corrected chi connectivity index (χ1v) is 5.96. The summed E-state index contributed by atoms with van der Waals surface area (Å²) in [6.07, 6.45) is 2.55. The number of nitrogens with two attached hydrogens (primary N) is 1. The first-order chi connectivity index (χ1) is 6.52. The summed E-state index contributed by atoms with van der Waals surface area (Å²) in [5.41, 5.74) is 6.36. The van der Waals surface area contributed by atoms with Crippen molar-refractivity contribution in [1.82, 2.24) is 4.90 Å². The molecule has 0 atom stereocenters. The summed E-state index contributed by atoms with van der Waals surface area (Å²) >= 11 is 0. The first kappa shape index (κ1) is 12.0.